The third kappa shape index (κ3) is 4.90. The van der Waals surface area contributed by atoms with Gasteiger partial charge in [-0.2, -0.15) is 0 Å². The number of esters is 1. The molecule has 0 spiro atoms. The molecule has 6 nitrogen and oxygen atoms in total. The van der Waals surface area contributed by atoms with E-state index in [0.29, 0.717) is 36.2 Å². The summed E-state index contributed by atoms with van der Waals surface area (Å²) in [6.45, 7) is 2.83. The van der Waals surface area contributed by atoms with Gasteiger partial charge in [0.1, 0.15) is 17.4 Å². The van der Waals surface area contributed by atoms with Crippen LogP contribution < -0.4 is 10.1 Å². The molecule has 4 rings (SSSR count). The lowest BCUT2D eigenvalue weighted by atomic mass is 9.72. The van der Waals surface area contributed by atoms with Crippen LogP contribution in [0.1, 0.15) is 43.0 Å². The van der Waals surface area contributed by atoms with Crippen LogP contribution in [-0.4, -0.2) is 42.3 Å². The van der Waals surface area contributed by atoms with E-state index in [1.807, 2.05) is 42.5 Å². The average Bonchev–Trinajstić information content (AvgIpc) is 2.79. The molecule has 0 aromatic heterocycles. The average molecular weight is 424 g/mol. The summed E-state index contributed by atoms with van der Waals surface area (Å²) < 4.78 is 11.6. The Labute approximate surface area is 182 Å². The molecular weight excluding hydrogens is 394 g/mol. The first-order valence-electron chi connectivity index (χ1n) is 11.0. The molecule has 1 saturated heterocycles. The Morgan fingerprint density at radius 2 is 1.84 bits per heavy atom. The fourth-order valence-corrected chi connectivity index (χ4v) is 4.80. The van der Waals surface area contributed by atoms with E-state index >= 15 is 0 Å². The quantitative estimate of drug-likeness (QED) is 0.680. The Hall–Kier alpha value is -2.86. The number of piperidine rings is 1. The zero-order chi connectivity index (χ0) is 21.8. The highest BCUT2D eigenvalue weighted by atomic mass is 16.5. The topological polar surface area (TPSA) is 84.9 Å². The summed E-state index contributed by atoms with van der Waals surface area (Å²) in [7, 11) is 0. The summed E-state index contributed by atoms with van der Waals surface area (Å²) in [6, 6.07) is 15.1. The Kier molecular flexibility index (Phi) is 6.56. The van der Waals surface area contributed by atoms with Crippen molar-refractivity contribution in [3.05, 3.63) is 54.1 Å². The van der Waals surface area contributed by atoms with Crippen molar-refractivity contribution < 1.29 is 24.2 Å². The van der Waals surface area contributed by atoms with E-state index in [-0.39, 0.29) is 6.10 Å². The smallest absolute Gasteiger partial charge is 0.341 e. The minimum atomic E-state index is -0.790. The highest BCUT2D eigenvalue weighted by molar-refractivity contribution is 5.93. The molecule has 0 bridgehead atoms. The Balaban J connectivity index is 1.55. The summed E-state index contributed by atoms with van der Waals surface area (Å²) in [5, 5.41) is 12.5. The van der Waals surface area contributed by atoms with Crippen LogP contribution >= 0.6 is 0 Å². The largest absolute Gasteiger partial charge is 0.489 e. The Morgan fingerprint density at radius 3 is 2.58 bits per heavy atom. The number of rotatable bonds is 6. The van der Waals surface area contributed by atoms with E-state index in [1.165, 1.54) is 0 Å². The first kappa shape index (κ1) is 21.4. The van der Waals surface area contributed by atoms with Gasteiger partial charge in [-0.15, -0.1) is 0 Å². The number of hydrogen-bond acceptors (Lipinski definition) is 5. The van der Waals surface area contributed by atoms with Gasteiger partial charge in [-0.3, -0.25) is 4.79 Å². The number of carboxylic acid groups (broad SMARTS) is 1. The van der Waals surface area contributed by atoms with E-state index < -0.39 is 18.0 Å². The molecule has 2 N–H and O–H groups in total. The normalized spacial score (nSPS) is 25.3. The monoisotopic (exact) mass is 423 g/mol. The van der Waals surface area contributed by atoms with Crippen LogP contribution in [0.3, 0.4) is 0 Å². The van der Waals surface area contributed by atoms with Crippen molar-refractivity contribution >= 4 is 11.9 Å². The van der Waals surface area contributed by atoms with Gasteiger partial charge in [0.25, 0.3) is 0 Å². The molecule has 1 aliphatic heterocycles. The predicted octanol–water partition coefficient (Wildman–Crippen LogP) is 4.14. The number of fused-ring (bicyclic) bond motifs is 1. The van der Waals surface area contributed by atoms with Gasteiger partial charge in [0.2, 0.25) is 0 Å². The number of nitrogens with one attached hydrogen (secondary N) is 1. The van der Waals surface area contributed by atoms with E-state index in [4.69, 9.17) is 9.47 Å². The van der Waals surface area contributed by atoms with Crippen LogP contribution in [0.15, 0.2) is 48.5 Å². The summed E-state index contributed by atoms with van der Waals surface area (Å²) in [5.41, 5.74) is 2.46. The third-order valence-corrected chi connectivity index (χ3v) is 6.43. The Bertz CT molecular complexity index is 929. The third-order valence-electron chi connectivity index (χ3n) is 6.43. The lowest BCUT2D eigenvalue weighted by Gasteiger charge is -2.41. The maximum Gasteiger partial charge on any atom is 0.341 e. The van der Waals surface area contributed by atoms with Gasteiger partial charge in [0, 0.05) is 0 Å². The zero-order valence-electron chi connectivity index (χ0n) is 17.8. The van der Waals surface area contributed by atoms with Gasteiger partial charge >= 0.3 is 11.9 Å². The standard InChI is InChI=1S/C25H29NO5/c1-2-30-25(29)21-11-9-17(16-6-4-3-5-7-16)14-23(21)31-20-10-8-18-15-26-22(24(27)28)13-19(18)12-20/h3-7,9,11,14,18-20,22,26H,2,8,10,12-13,15H2,1H3,(H,27,28)/t18?,19?,20-,22-/m0/s1. The summed E-state index contributed by atoms with van der Waals surface area (Å²) in [5.74, 6) is 0.146. The SMILES string of the molecule is CCOC(=O)c1ccc(-c2ccccc2)cc1O[C@H]1CCC2CN[C@H](C(=O)O)CC2C1. The van der Waals surface area contributed by atoms with E-state index in [9.17, 15) is 14.7 Å². The summed E-state index contributed by atoms with van der Waals surface area (Å²) in [6.07, 6.45) is 3.25. The molecule has 2 unspecified atom stereocenters. The van der Waals surface area contributed by atoms with E-state index in [2.05, 4.69) is 5.32 Å². The molecule has 31 heavy (non-hydrogen) atoms. The van der Waals surface area contributed by atoms with Crippen molar-refractivity contribution in [2.45, 2.75) is 44.8 Å². The van der Waals surface area contributed by atoms with Crippen LogP contribution in [0.2, 0.25) is 0 Å². The molecule has 0 radical (unpaired) electrons. The molecule has 2 aromatic rings. The highest BCUT2D eigenvalue weighted by Gasteiger charge is 2.38. The second-order valence-electron chi connectivity index (χ2n) is 8.41. The lowest BCUT2D eigenvalue weighted by Crippen LogP contribution is -2.50. The van der Waals surface area contributed by atoms with Crippen molar-refractivity contribution in [1.29, 1.82) is 0 Å². The van der Waals surface area contributed by atoms with Crippen LogP contribution in [-0.2, 0) is 9.53 Å². The number of ether oxygens (including phenoxy) is 2. The molecule has 2 aliphatic rings. The molecule has 164 valence electrons. The zero-order valence-corrected chi connectivity index (χ0v) is 17.8. The number of benzene rings is 2. The van der Waals surface area contributed by atoms with Gasteiger partial charge in [0.05, 0.1) is 12.7 Å². The molecule has 6 heteroatoms. The molecule has 2 aromatic carbocycles. The molecular formula is C25H29NO5. The molecule has 2 fully saturated rings. The van der Waals surface area contributed by atoms with E-state index in [1.54, 1.807) is 13.0 Å². The first-order chi connectivity index (χ1) is 15.0. The predicted molar refractivity (Wildman–Crippen MR) is 117 cm³/mol. The number of hydrogen-bond donors (Lipinski definition) is 2. The van der Waals surface area contributed by atoms with Crippen LogP contribution in [0.4, 0.5) is 0 Å². The van der Waals surface area contributed by atoms with Gasteiger partial charge < -0.3 is 19.9 Å². The summed E-state index contributed by atoms with van der Waals surface area (Å²) in [4.78, 5) is 23.9. The maximum absolute atomic E-state index is 12.5. The van der Waals surface area contributed by atoms with Crippen LogP contribution in [0.25, 0.3) is 11.1 Å². The van der Waals surface area contributed by atoms with E-state index in [0.717, 1.165) is 36.9 Å². The van der Waals surface area contributed by atoms with Gasteiger partial charge in [-0.1, -0.05) is 36.4 Å². The minimum absolute atomic E-state index is 0.0482. The number of carboxylic acids is 1. The van der Waals surface area contributed by atoms with Gasteiger partial charge in [0.15, 0.2) is 0 Å². The van der Waals surface area contributed by atoms with Crippen molar-refractivity contribution in [2.24, 2.45) is 11.8 Å². The van der Waals surface area contributed by atoms with Crippen molar-refractivity contribution in [3.63, 3.8) is 0 Å². The van der Waals surface area contributed by atoms with Crippen molar-refractivity contribution in [3.8, 4) is 16.9 Å². The minimum Gasteiger partial charge on any atom is -0.489 e. The molecule has 4 atom stereocenters. The molecule has 0 amide bonds. The highest BCUT2D eigenvalue weighted by Crippen LogP contribution is 2.38. The fraction of sp³-hybridized carbons (Fsp3) is 0.440. The van der Waals surface area contributed by atoms with Gasteiger partial charge in [-0.25, -0.2) is 4.79 Å². The number of aliphatic carboxylic acids is 1. The molecule has 1 heterocycles. The van der Waals surface area contributed by atoms with Crippen molar-refractivity contribution in [2.75, 3.05) is 13.2 Å². The second kappa shape index (κ2) is 9.52. The van der Waals surface area contributed by atoms with Gasteiger partial charge in [-0.05, 0) is 74.2 Å². The van der Waals surface area contributed by atoms with Crippen LogP contribution in [0, 0.1) is 11.8 Å². The van der Waals surface area contributed by atoms with Crippen molar-refractivity contribution in [1.82, 2.24) is 5.32 Å². The second-order valence-corrected chi connectivity index (χ2v) is 8.41. The van der Waals surface area contributed by atoms with Crippen LogP contribution in [0.5, 0.6) is 5.75 Å². The lowest BCUT2D eigenvalue weighted by molar-refractivity contribution is -0.141. The molecule has 1 aliphatic carbocycles. The Morgan fingerprint density at radius 1 is 1.03 bits per heavy atom. The first-order valence-corrected chi connectivity index (χ1v) is 11.0. The number of carbonyl (C=O) groups is 2. The molecule has 1 saturated carbocycles. The fourth-order valence-electron chi connectivity index (χ4n) is 4.80. The number of carbonyl (C=O) groups excluding carboxylic acids is 1. The maximum atomic E-state index is 12.5. The summed E-state index contributed by atoms with van der Waals surface area (Å²) >= 11 is 0.